The molecule has 3 aromatic rings. The maximum Gasteiger partial charge on any atom is 0.252 e. The highest BCUT2D eigenvalue weighted by molar-refractivity contribution is 5.96. The van der Waals surface area contributed by atoms with Gasteiger partial charge in [-0.05, 0) is 56.6 Å². The van der Waals surface area contributed by atoms with Crippen molar-refractivity contribution < 1.29 is 9.59 Å². The first-order chi connectivity index (χ1) is 14.5. The Morgan fingerprint density at radius 2 is 1.77 bits per heavy atom. The number of nitrogens with zero attached hydrogens (tertiary/aromatic N) is 4. The van der Waals surface area contributed by atoms with Crippen molar-refractivity contribution in [1.29, 1.82) is 0 Å². The van der Waals surface area contributed by atoms with Gasteiger partial charge in [0.05, 0.1) is 11.3 Å². The van der Waals surface area contributed by atoms with Crippen LogP contribution in [0.25, 0.3) is 22.0 Å². The van der Waals surface area contributed by atoms with Crippen LogP contribution in [-0.4, -0.2) is 58.9 Å². The number of carbonyl (C=O) groups is 2. The third kappa shape index (κ3) is 4.28. The lowest BCUT2D eigenvalue weighted by Crippen LogP contribution is -2.36. The average molecular weight is 404 g/mol. The van der Waals surface area contributed by atoms with Crippen LogP contribution in [0.1, 0.15) is 23.2 Å². The van der Waals surface area contributed by atoms with Gasteiger partial charge in [0.1, 0.15) is 5.82 Å². The molecule has 1 saturated heterocycles. The van der Waals surface area contributed by atoms with Crippen LogP contribution >= 0.6 is 0 Å². The van der Waals surface area contributed by atoms with Crippen LogP contribution in [0.5, 0.6) is 0 Å². The normalized spacial score (nSPS) is 15.1. The molecule has 2 N–H and O–H groups in total. The van der Waals surface area contributed by atoms with E-state index in [9.17, 15) is 9.59 Å². The molecule has 0 saturated carbocycles. The largest absolute Gasteiger partial charge is 0.355 e. The molecule has 30 heavy (non-hydrogen) atoms. The Balaban J connectivity index is 1.57. The van der Waals surface area contributed by atoms with Gasteiger partial charge in [0.15, 0.2) is 0 Å². The summed E-state index contributed by atoms with van der Waals surface area (Å²) in [6.07, 6.45) is 8.34. The highest BCUT2D eigenvalue weighted by atomic mass is 16.2. The molecule has 0 unspecified atom stereocenters. The number of anilines is 1. The number of amides is 2. The summed E-state index contributed by atoms with van der Waals surface area (Å²) >= 11 is 0. The lowest BCUT2D eigenvalue weighted by molar-refractivity contribution is -0.121. The van der Waals surface area contributed by atoms with E-state index in [4.69, 9.17) is 0 Å². The SMILES string of the molecule is CNC(=O)c1cncc(-c2cc3cc(NC(=O)C4CCN(C)CC4)ncc3cn2)c1. The van der Waals surface area contributed by atoms with E-state index < -0.39 is 0 Å². The maximum atomic E-state index is 12.6. The zero-order valence-electron chi connectivity index (χ0n) is 17.1. The van der Waals surface area contributed by atoms with Gasteiger partial charge in [-0.1, -0.05) is 0 Å². The van der Waals surface area contributed by atoms with E-state index in [0.29, 0.717) is 17.1 Å². The van der Waals surface area contributed by atoms with Gasteiger partial charge in [0, 0.05) is 48.7 Å². The number of carbonyl (C=O) groups excluding carboxylic acids is 2. The second kappa shape index (κ2) is 8.54. The number of aromatic nitrogens is 3. The van der Waals surface area contributed by atoms with Crippen molar-refractivity contribution in [3.8, 4) is 11.3 Å². The minimum Gasteiger partial charge on any atom is -0.355 e. The molecule has 8 nitrogen and oxygen atoms in total. The van der Waals surface area contributed by atoms with Crippen LogP contribution in [0.3, 0.4) is 0 Å². The van der Waals surface area contributed by atoms with Crippen LogP contribution in [-0.2, 0) is 4.79 Å². The van der Waals surface area contributed by atoms with Crippen molar-refractivity contribution >= 4 is 28.4 Å². The number of fused-ring (bicyclic) bond motifs is 1. The molecule has 4 heterocycles. The van der Waals surface area contributed by atoms with Crippen LogP contribution in [0.15, 0.2) is 43.0 Å². The number of likely N-dealkylation sites (tertiary alicyclic amines) is 1. The van der Waals surface area contributed by atoms with Gasteiger partial charge in [-0.3, -0.25) is 19.6 Å². The molecular formula is C22H24N6O2. The molecule has 0 atom stereocenters. The number of hydrogen-bond acceptors (Lipinski definition) is 6. The number of hydrogen-bond donors (Lipinski definition) is 2. The fraction of sp³-hybridized carbons (Fsp3) is 0.318. The molecular weight excluding hydrogens is 380 g/mol. The Morgan fingerprint density at radius 1 is 1.00 bits per heavy atom. The smallest absolute Gasteiger partial charge is 0.252 e. The zero-order chi connectivity index (χ0) is 21.1. The van der Waals surface area contributed by atoms with Gasteiger partial charge in [0.25, 0.3) is 5.91 Å². The monoisotopic (exact) mass is 404 g/mol. The first-order valence-corrected chi connectivity index (χ1v) is 9.96. The second-order valence-electron chi connectivity index (χ2n) is 7.59. The van der Waals surface area contributed by atoms with Gasteiger partial charge in [-0.25, -0.2) is 4.98 Å². The van der Waals surface area contributed by atoms with Gasteiger partial charge in [-0.15, -0.1) is 0 Å². The van der Waals surface area contributed by atoms with Crippen molar-refractivity contribution in [3.63, 3.8) is 0 Å². The van der Waals surface area contributed by atoms with E-state index in [1.807, 2.05) is 12.1 Å². The Labute approximate surface area is 174 Å². The van der Waals surface area contributed by atoms with E-state index in [1.165, 1.54) is 6.20 Å². The van der Waals surface area contributed by atoms with Crippen molar-refractivity contribution in [2.24, 2.45) is 5.92 Å². The summed E-state index contributed by atoms with van der Waals surface area (Å²) in [4.78, 5) is 39.7. The topological polar surface area (TPSA) is 100 Å². The summed E-state index contributed by atoms with van der Waals surface area (Å²) in [7, 11) is 3.65. The molecule has 1 fully saturated rings. The molecule has 2 amide bonds. The molecule has 3 aromatic heterocycles. The number of pyridine rings is 3. The summed E-state index contributed by atoms with van der Waals surface area (Å²) < 4.78 is 0. The lowest BCUT2D eigenvalue weighted by Gasteiger charge is -2.27. The van der Waals surface area contributed by atoms with Crippen molar-refractivity contribution in [3.05, 3.63) is 48.5 Å². The minimum atomic E-state index is -0.201. The third-order valence-corrected chi connectivity index (χ3v) is 5.47. The average Bonchev–Trinajstić information content (AvgIpc) is 2.78. The minimum absolute atomic E-state index is 0.0187. The fourth-order valence-corrected chi connectivity index (χ4v) is 3.61. The number of piperidine rings is 1. The Bertz CT molecular complexity index is 1090. The molecule has 8 heteroatoms. The molecule has 0 radical (unpaired) electrons. The van der Waals surface area contributed by atoms with Crippen LogP contribution in [0.4, 0.5) is 5.82 Å². The van der Waals surface area contributed by atoms with Gasteiger partial charge < -0.3 is 15.5 Å². The van der Waals surface area contributed by atoms with E-state index in [-0.39, 0.29) is 17.7 Å². The molecule has 1 aliphatic rings. The van der Waals surface area contributed by atoms with E-state index in [1.54, 1.807) is 31.7 Å². The molecule has 0 aliphatic carbocycles. The van der Waals surface area contributed by atoms with Crippen LogP contribution in [0, 0.1) is 5.92 Å². The predicted molar refractivity (Wildman–Crippen MR) is 115 cm³/mol. The zero-order valence-corrected chi connectivity index (χ0v) is 17.1. The summed E-state index contributed by atoms with van der Waals surface area (Å²) in [5, 5.41) is 7.32. The maximum absolute atomic E-state index is 12.6. The van der Waals surface area contributed by atoms with Crippen molar-refractivity contribution in [2.45, 2.75) is 12.8 Å². The quantitative estimate of drug-likeness (QED) is 0.692. The summed E-state index contributed by atoms with van der Waals surface area (Å²) in [5.41, 5.74) is 1.91. The fourth-order valence-electron chi connectivity index (χ4n) is 3.61. The Kier molecular flexibility index (Phi) is 5.67. The summed E-state index contributed by atoms with van der Waals surface area (Å²) in [5.74, 6) is 0.367. The summed E-state index contributed by atoms with van der Waals surface area (Å²) in [6.45, 7) is 1.86. The van der Waals surface area contributed by atoms with Gasteiger partial charge in [0.2, 0.25) is 5.91 Å². The van der Waals surface area contributed by atoms with Crippen molar-refractivity contribution in [1.82, 2.24) is 25.2 Å². The van der Waals surface area contributed by atoms with Crippen LogP contribution < -0.4 is 10.6 Å². The molecule has 154 valence electrons. The van der Waals surface area contributed by atoms with E-state index >= 15 is 0 Å². The first-order valence-electron chi connectivity index (χ1n) is 9.96. The standard InChI is InChI=1S/C22H24N6O2/c1-23-21(29)17-7-16(10-24-11-17)19-8-15-9-20(26-13-18(15)12-25-19)27-22(30)14-3-5-28(2)6-4-14/h7-14H,3-6H2,1-2H3,(H,23,29)(H,26,27,30). The van der Waals surface area contributed by atoms with Gasteiger partial charge in [-0.2, -0.15) is 0 Å². The van der Waals surface area contributed by atoms with Crippen molar-refractivity contribution in [2.75, 3.05) is 32.5 Å². The van der Waals surface area contributed by atoms with E-state index in [0.717, 1.165) is 42.3 Å². The number of rotatable bonds is 4. The molecule has 1 aliphatic heterocycles. The number of nitrogens with one attached hydrogen (secondary N) is 2. The second-order valence-corrected chi connectivity index (χ2v) is 7.59. The highest BCUT2D eigenvalue weighted by Crippen LogP contribution is 2.24. The van der Waals surface area contributed by atoms with Crippen LogP contribution in [0.2, 0.25) is 0 Å². The lowest BCUT2D eigenvalue weighted by atomic mass is 9.96. The van der Waals surface area contributed by atoms with Gasteiger partial charge >= 0.3 is 0 Å². The molecule has 0 spiro atoms. The van der Waals surface area contributed by atoms with E-state index in [2.05, 4.69) is 37.5 Å². The summed E-state index contributed by atoms with van der Waals surface area (Å²) in [6, 6.07) is 5.51. The predicted octanol–water partition coefficient (Wildman–Crippen LogP) is 2.33. The highest BCUT2D eigenvalue weighted by Gasteiger charge is 2.23. The first kappa shape index (κ1) is 19.9. The molecule has 0 bridgehead atoms. The molecule has 0 aromatic carbocycles. The Morgan fingerprint density at radius 3 is 2.53 bits per heavy atom. The Hall–Kier alpha value is -3.39. The molecule has 4 rings (SSSR count). The third-order valence-electron chi connectivity index (χ3n) is 5.47.